The molecule has 0 radical (unpaired) electrons. The minimum Gasteiger partial charge on any atom is -0.391 e. The van der Waals surface area contributed by atoms with Gasteiger partial charge in [-0.15, -0.1) is 0 Å². The second kappa shape index (κ2) is 35.2. The van der Waals surface area contributed by atoms with Gasteiger partial charge in [0.15, 0.2) is 5.66 Å². The van der Waals surface area contributed by atoms with Crippen molar-refractivity contribution in [3.05, 3.63) is 96.1 Å². The highest BCUT2D eigenvalue weighted by Crippen LogP contribution is 2.26. The SMILES string of the molecule is CC[C@H](C)[C@]1(N)NC(=O)[C@H](C)N(C)C(=O)CC/C=C/C=C\CC[C@@H](C(=O)N2CCCCC2)NC(=O)[C@H](CC(C)C)N(C)C(=O)[C@H](C)N(C)C(=O)[C@H](C(C)O)NC(=O)[C@H](Cc2ccccc2)N(C)C(=O)[C@H](Cc2ccccc2)N(C)C(=O)[C@H](CC(C)C)N(C)C1=O. The lowest BCUT2D eigenvalue weighted by molar-refractivity contribution is -0.155. The number of carbonyl (C=O) groups is 10. The summed E-state index contributed by atoms with van der Waals surface area (Å²) in [5.41, 5.74) is 6.26. The molecule has 0 aromatic heterocycles. The summed E-state index contributed by atoms with van der Waals surface area (Å²) in [6.07, 6.45) is 9.77. The standard InChI is InChI=1S/C68H105N11O11/c1-16-46(6)68(69)67(90)78(15)55(41-45(4)5)64(87)77(14)56(43-51-34-26-22-27-35-51)65(88)76(13)54(42-50-32-24-21-25-33-50)61(84)71-58(49(9)80)66(89)74(11)48(8)62(85)75(12)53(40-44(2)3)60(83)70-52(63(86)79-38-30-23-31-39-79)36-28-19-17-18-20-29-37-57(81)73(10)47(7)59(82)72-68/h17-22,24-27,32-35,44-49,52-56,58,80H,16,23,28-31,36-43,69H2,1-15H3,(H,70,83)(H,71,84)(H,72,82)/b19-17-,20-18+/t46-,47-,48-,49?,52-,53-,54-,55-,56-,58-,68-/m0/s1. The van der Waals surface area contributed by atoms with Crippen LogP contribution in [0.15, 0.2) is 85.0 Å². The van der Waals surface area contributed by atoms with Gasteiger partial charge in [0.25, 0.3) is 5.91 Å². The van der Waals surface area contributed by atoms with Crippen molar-refractivity contribution >= 4 is 59.1 Å². The molecule has 0 bridgehead atoms. The normalized spacial score (nSPS) is 27.2. The van der Waals surface area contributed by atoms with Crippen LogP contribution in [0.2, 0.25) is 0 Å². The third-order valence-corrected chi connectivity index (χ3v) is 17.9. The summed E-state index contributed by atoms with van der Waals surface area (Å²) >= 11 is 0. The predicted molar refractivity (Wildman–Crippen MR) is 347 cm³/mol. The molecular formula is C68H105N11O11. The number of likely N-dealkylation sites (tertiary alicyclic amines) is 1. The molecule has 0 aliphatic carbocycles. The maximum absolute atomic E-state index is 15.5. The van der Waals surface area contributed by atoms with E-state index in [9.17, 15) is 33.9 Å². The van der Waals surface area contributed by atoms with Crippen molar-refractivity contribution in [3.63, 3.8) is 0 Å². The number of aliphatic hydroxyl groups excluding tert-OH is 1. The lowest BCUT2D eigenvalue weighted by Gasteiger charge is -2.42. The Kier molecular flexibility index (Phi) is 29.4. The van der Waals surface area contributed by atoms with Gasteiger partial charge < -0.3 is 61.1 Å². The zero-order chi connectivity index (χ0) is 67.3. The van der Waals surface area contributed by atoms with Crippen LogP contribution in [0.4, 0.5) is 0 Å². The maximum atomic E-state index is 15.5. The van der Waals surface area contributed by atoms with Gasteiger partial charge in [0.05, 0.1) is 6.10 Å². The van der Waals surface area contributed by atoms with Crippen LogP contribution in [-0.4, -0.2) is 214 Å². The summed E-state index contributed by atoms with van der Waals surface area (Å²) in [4.78, 5) is 156. The summed E-state index contributed by atoms with van der Waals surface area (Å²) in [7, 11) is 8.60. The molecule has 10 amide bonds. The van der Waals surface area contributed by atoms with Crippen LogP contribution in [-0.2, 0) is 60.8 Å². The lowest BCUT2D eigenvalue weighted by Crippen LogP contribution is -2.71. The first-order valence-electron chi connectivity index (χ1n) is 32.1. The van der Waals surface area contributed by atoms with E-state index in [1.807, 2.05) is 33.8 Å². The Morgan fingerprint density at radius 1 is 0.578 bits per heavy atom. The molecule has 11 atom stereocenters. The smallest absolute Gasteiger partial charge is 0.263 e. The van der Waals surface area contributed by atoms with Gasteiger partial charge in [-0.1, -0.05) is 127 Å². The van der Waals surface area contributed by atoms with Crippen molar-refractivity contribution in [1.82, 2.24) is 50.2 Å². The van der Waals surface area contributed by atoms with Crippen molar-refractivity contribution in [2.75, 3.05) is 55.4 Å². The molecule has 2 aromatic rings. The van der Waals surface area contributed by atoms with Crippen molar-refractivity contribution in [3.8, 4) is 0 Å². The molecule has 0 saturated carbocycles. The monoisotopic (exact) mass is 1250 g/mol. The first-order chi connectivity index (χ1) is 42.4. The van der Waals surface area contributed by atoms with Crippen molar-refractivity contribution in [2.45, 2.75) is 199 Å². The van der Waals surface area contributed by atoms with Gasteiger partial charge in [-0.2, -0.15) is 0 Å². The number of carbonyl (C=O) groups excluding carboxylic acids is 10. The van der Waals surface area contributed by atoms with Crippen LogP contribution >= 0.6 is 0 Å². The Morgan fingerprint density at radius 2 is 1.07 bits per heavy atom. The van der Waals surface area contributed by atoms with Crippen LogP contribution < -0.4 is 21.7 Å². The van der Waals surface area contributed by atoms with E-state index in [1.165, 1.54) is 87.6 Å². The summed E-state index contributed by atoms with van der Waals surface area (Å²) in [5, 5.41) is 19.8. The highest BCUT2D eigenvalue weighted by atomic mass is 16.3. The van der Waals surface area contributed by atoms with Gasteiger partial charge in [-0.25, -0.2) is 0 Å². The Labute approximate surface area is 534 Å². The fourth-order valence-corrected chi connectivity index (χ4v) is 11.4. The number of piperidine rings is 1. The summed E-state index contributed by atoms with van der Waals surface area (Å²) in [6.45, 7) is 16.5. The average Bonchev–Trinajstić information content (AvgIpc) is 0.931. The fraction of sp³-hybridized carbons (Fsp3) is 0.618. The number of benzene rings is 2. The van der Waals surface area contributed by atoms with Crippen LogP contribution in [0.5, 0.6) is 0 Å². The van der Waals surface area contributed by atoms with E-state index in [1.54, 1.807) is 97.6 Å². The van der Waals surface area contributed by atoms with Gasteiger partial charge in [0, 0.05) is 80.6 Å². The summed E-state index contributed by atoms with van der Waals surface area (Å²) in [5.74, 6) is -7.25. The van der Waals surface area contributed by atoms with Crippen LogP contribution in [0.25, 0.3) is 0 Å². The van der Waals surface area contributed by atoms with Crippen molar-refractivity contribution < 1.29 is 53.1 Å². The second-order valence-electron chi connectivity index (χ2n) is 25.6. The van der Waals surface area contributed by atoms with Gasteiger partial charge in [0.2, 0.25) is 53.2 Å². The lowest BCUT2D eigenvalue weighted by atomic mass is 9.89. The molecule has 2 heterocycles. The maximum Gasteiger partial charge on any atom is 0.263 e. The minimum absolute atomic E-state index is 0.0386. The molecule has 4 rings (SSSR count). The fourth-order valence-electron chi connectivity index (χ4n) is 11.4. The number of allylic oxidation sites excluding steroid dienone is 4. The zero-order valence-corrected chi connectivity index (χ0v) is 56.1. The first-order valence-corrected chi connectivity index (χ1v) is 32.1. The molecule has 2 aromatic carbocycles. The topological polar surface area (TPSA) is 276 Å². The van der Waals surface area contributed by atoms with Crippen LogP contribution in [0, 0.1) is 17.8 Å². The van der Waals surface area contributed by atoms with E-state index < -0.39 is 113 Å². The molecule has 2 aliphatic rings. The number of aliphatic hydroxyl groups is 1. The van der Waals surface area contributed by atoms with Crippen molar-refractivity contribution in [1.29, 1.82) is 0 Å². The van der Waals surface area contributed by atoms with Crippen LogP contribution in [0.1, 0.15) is 138 Å². The quantitative estimate of drug-likeness (QED) is 0.198. The van der Waals surface area contributed by atoms with Crippen LogP contribution in [0.3, 0.4) is 0 Å². The second-order valence-corrected chi connectivity index (χ2v) is 25.6. The molecular weight excluding hydrogens is 1150 g/mol. The predicted octanol–water partition coefficient (Wildman–Crippen LogP) is 4.43. The Balaban J connectivity index is 1.88. The molecule has 90 heavy (non-hydrogen) atoms. The molecule has 22 heteroatoms. The largest absolute Gasteiger partial charge is 0.391 e. The van der Waals surface area contributed by atoms with E-state index in [0.29, 0.717) is 43.5 Å². The Bertz CT molecular complexity index is 2810. The molecule has 0 spiro atoms. The molecule has 1 unspecified atom stereocenters. The molecule has 6 N–H and O–H groups in total. The summed E-state index contributed by atoms with van der Waals surface area (Å²) < 4.78 is 0. The minimum atomic E-state index is -2.08. The summed E-state index contributed by atoms with van der Waals surface area (Å²) in [6, 6.07) is 7.86. The molecule has 2 aliphatic heterocycles. The third kappa shape index (κ3) is 20.3. The van der Waals surface area contributed by atoms with Gasteiger partial charge in [-0.3, -0.25) is 47.9 Å². The number of nitrogens with one attached hydrogen (secondary N) is 3. The molecule has 1 saturated heterocycles. The third-order valence-electron chi connectivity index (χ3n) is 17.9. The molecule has 498 valence electrons. The average molecular weight is 1250 g/mol. The number of rotatable bonds is 12. The van der Waals surface area contributed by atoms with E-state index in [2.05, 4.69) is 16.0 Å². The van der Waals surface area contributed by atoms with Gasteiger partial charge in [0.1, 0.15) is 48.3 Å². The van der Waals surface area contributed by atoms with E-state index >= 15 is 19.2 Å². The highest BCUT2D eigenvalue weighted by Gasteiger charge is 2.48. The number of nitrogens with two attached hydrogens (primary N) is 1. The number of amides is 10. The van der Waals surface area contributed by atoms with E-state index in [0.717, 1.165) is 24.2 Å². The molecule has 22 nitrogen and oxygen atoms in total. The van der Waals surface area contributed by atoms with Gasteiger partial charge >= 0.3 is 0 Å². The molecule has 1 fully saturated rings. The first kappa shape index (κ1) is 75.0. The highest BCUT2D eigenvalue weighted by molar-refractivity contribution is 5.99. The number of hydrogen-bond donors (Lipinski definition) is 5. The number of hydrogen-bond acceptors (Lipinski definition) is 12. The zero-order valence-electron chi connectivity index (χ0n) is 56.1. The Morgan fingerprint density at radius 3 is 1.60 bits per heavy atom. The number of likely N-dealkylation sites (N-methyl/N-ethyl adjacent to an activating group) is 6. The Hall–Kier alpha value is -7.46. The van der Waals surface area contributed by atoms with E-state index in [4.69, 9.17) is 5.73 Å². The van der Waals surface area contributed by atoms with Crippen molar-refractivity contribution in [2.24, 2.45) is 23.5 Å². The van der Waals surface area contributed by atoms with Gasteiger partial charge in [-0.05, 0) is 102 Å². The number of nitrogens with zero attached hydrogens (tertiary/aromatic N) is 7. The van der Waals surface area contributed by atoms with E-state index in [-0.39, 0.29) is 62.2 Å².